The van der Waals surface area contributed by atoms with Crippen molar-refractivity contribution in [3.63, 3.8) is 0 Å². The van der Waals surface area contributed by atoms with Crippen molar-refractivity contribution >= 4 is 43.3 Å². The summed E-state index contributed by atoms with van der Waals surface area (Å²) < 4.78 is 12.0. The van der Waals surface area contributed by atoms with Gasteiger partial charge in [0.05, 0.1) is 24.3 Å². The molecular formula is C15H17BrO4S. The molecule has 21 heavy (non-hydrogen) atoms. The van der Waals surface area contributed by atoms with E-state index in [0.717, 1.165) is 25.2 Å². The third-order valence-electron chi connectivity index (χ3n) is 3.07. The van der Waals surface area contributed by atoms with E-state index in [4.69, 9.17) is 9.47 Å². The summed E-state index contributed by atoms with van der Waals surface area (Å²) in [6.07, 6.45) is -0.0724. The van der Waals surface area contributed by atoms with Gasteiger partial charge in [0.1, 0.15) is 5.75 Å². The van der Waals surface area contributed by atoms with Crippen LogP contribution in [0.15, 0.2) is 22.7 Å². The average Bonchev–Trinajstić information content (AvgIpc) is 2.86. The fraction of sp³-hybridized carbons (Fsp3) is 0.400. The maximum Gasteiger partial charge on any atom is 0.305 e. The van der Waals surface area contributed by atoms with Crippen molar-refractivity contribution in [2.24, 2.45) is 0 Å². The van der Waals surface area contributed by atoms with E-state index in [1.165, 1.54) is 11.3 Å². The van der Waals surface area contributed by atoms with Crippen molar-refractivity contribution in [3.05, 3.63) is 27.5 Å². The molecule has 0 amide bonds. The van der Waals surface area contributed by atoms with Crippen LogP contribution in [0.3, 0.4) is 0 Å². The van der Waals surface area contributed by atoms with Crippen LogP contribution < -0.4 is 4.74 Å². The van der Waals surface area contributed by atoms with E-state index in [1.54, 1.807) is 14.0 Å². The average molecular weight is 373 g/mol. The van der Waals surface area contributed by atoms with E-state index in [-0.39, 0.29) is 12.4 Å². The topological polar surface area (TPSA) is 55.8 Å². The Kier molecular flexibility index (Phi) is 5.61. The first kappa shape index (κ1) is 16.3. The standard InChI is InChI=1S/C15H17BrO4S/c1-3-20-15(18)5-4-11(17)14-7-9-6-10(16)12(19-2)8-13(9)21-14/h6-8,11,17H,3-5H2,1-2H3. The predicted octanol–water partition coefficient (Wildman–Crippen LogP) is 4.05. The second kappa shape index (κ2) is 7.24. The monoisotopic (exact) mass is 372 g/mol. The number of aliphatic hydroxyl groups is 1. The van der Waals surface area contributed by atoms with Gasteiger partial charge in [-0.15, -0.1) is 11.3 Å². The minimum absolute atomic E-state index is 0.219. The number of benzene rings is 1. The number of hydrogen-bond donors (Lipinski definition) is 1. The fourth-order valence-electron chi connectivity index (χ4n) is 2.01. The van der Waals surface area contributed by atoms with E-state index in [1.807, 2.05) is 18.2 Å². The maximum atomic E-state index is 11.3. The van der Waals surface area contributed by atoms with E-state index in [0.29, 0.717) is 13.0 Å². The van der Waals surface area contributed by atoms with Gasteiger partial charge in [-0.3, -0.25) is 4.79 Å². The van der Waals surface area contributed by atoms with Gasteiger partial charge < -0.3 is 14.6 Å². The highest BCUT2D eigenvalue weighted by Crippen LogP contribution is 2.37. The van der Waals surface area contributed by atoms with Gasteiger partial charge in [0.25, 0.3) is 0 Å². The predicted molar refractivity (Wildman–Crippen MR) is 86.9 cm³/mol. The number of thiophene rings is 1. The Hall–Kier alpha value is -1.11. The summed E-state index contributed by atoms with van der Waals surface area (Å²) in [5.41, 5.74) is 0. The van der Waals surface area contributed by atoms with Gasteiger partial charge in [-0.1, -0.05) is 0 Å². The highest BCUT2D eigenvalue weighted by molar-refractivity contribution is 9.10. The molecule has 0 radical (unpaired) electrons. The molecule has 0 bridgehead atoms. The molecule has 1 aromatic carbocycles. The zero-order valence-corrected chi connectivity index (χ0v) is 14.3. The van der Waals surface area contributed by atoms with Gasteiger partial charge in [0.2, 0.25) is 0 Å². The summed E-state index contributed by atoms with van der Waals surface area (Å²) in [6, 6.07) is 5.85. The third kappa shape index (κ3) is 3.96. The van der Waals surface area contributed by atoms with Crippen LogP contribution in [0.4, 0.5) is 0 Å². The Morgan fingerprint density at radius 2 is 2.19 bits per heavy atom. The van der Waals surface area contributed by atoms with E-state index in [2.05, 4.69) is 15.9 Å². The zero-order chi connectivity index (χ0) is 15.4. The first-order valence-corrected chi connectivity index (χ1v) is 8.26. The Morgan fingerprint density at radius 1 is 1.43 bits per heavy atom. The first-order valence-electron chi connectivity index (χ1n) is 6.65. The molecule has 1 atom stereocenters. The molecule has 6 heteroatoms. The number of ether oxygens (including phenoxy) is 2. The summed E-state index contributed by atoms with van der Waals surface area (Å²) in [7, 11) is 1.62. The second-order valence-corrected chi connectivity index (χ2v) is 6.50. The van der Waals surface area contributed by atoms with Gasteiger partial charge in [-0.05, 0) is 52.9 Å². The molecule has 1 aromatic heterocycles. The summed E-state index contributed by atoms with van der Waals surface area (Å²) in [5.74, 6) is 0.485. The van der Waals surface area contributed by atoms with Crippen LogP contribution in [0, 0.1) is 0 Å². The number of carbonyl (C=O) groups excluding carboxylic acids is 1. The minimum Gasteiger partial charge on any atom is -0.496 e. The van der Waals surface area contributed by atoms with Crippen LogP contribution in [-0.4, -0.2) is 24.8 Å². The molecule has 0 saturated heterocycles. The molecule has 0 aliphatic heterocycles. The lowest BCUT2D eigenvalue weighted by molar-refractivity contribution is -0.143. The summed E-state index contributed by atoms with van der Waals surface area (Å²) in [6.45, 7) is 2.14. The minimum atomic E-state index is -0.656. The van der Waals surface area contributed by atoms with Crippen molar-refractivity contribution in [1.29, 1.82) is 0 Å². The number of methoxy groups -OCH3 is 1. The normalized spacial score (nSPS) is 12.4. The molecule has 4 nitrogen and oxygen atoms in total. The van der Waals surface area contributed by atoms with E-state index < -0.39 is 6.10 Å². The fourth-order valence-corrected chi connectivity index (χ4v) is 3.63. The smallest absolute Gasteiger partial charge is 0.305 e. The largest absolute Gasteiger partial charge is 0.496 e. The molecule has 1 unspecified atom stereocenters. The quantitative estimate of drug-likeness (QED) is 0.777. The summed E-state index contributed by atoms with van der Waals surface area (Å²) >= 11 is 4.95. The first-order chi connectivity index (χ1) is 10.0. The van der Waals surface area contributed by atoms with E-state index >= 15 is 0 Å². The molecule has 0 fully saturated rings. The highest BCUT2D eigenvalue weighted by atomic mass is 79.9. The van der Waals surface area contributed by atoms with Gasteiger partial charge >= 0.3 is 5.97 Å². The summed E-state index contributed by atoms with van der Waals surface area (Å²) in [4.78, 5) is 12.2. The number of carbonyl (C=O) groups is 1. The molecule has 0 aliphatic carbocycles. The SMILES string of the molecule is CCOC(=O)CCC(O)c1cc2cc(Br)c(OC)cc2s1. The van der Waals surface area contributed by atoms with Gasteiger partial charge in [0.15, 0.2) is 0 Å². The number of rotatable bonds is 6. The van der Waals surface area contributed by atoms with Crippen molar-refractivity contribution in [2.45, 2.75) is 25.9 Å². The van der Waals surface area contributed by atoms with Crippen molar-refractivity contribution in [1.82, 2.24) is 0 Å². The molecule has 0 saturated carbocycles. The van der Waals surface area contributed by atoms with Gasteiger partial charge in [-0.25, -0.2) is 0 Å². The molecule has 114 valence electrons. The number of fused-ring (bicyclic) bond motifs is 1. The second-order valence-electron chi connectivity index (χ2n) is 4.53. The van der Waals surface area contributed by atoms with Crippen LogP contribution in [0.1, 0.15) is 30.7 Å². The molecule has 1 heterocycles. The van der Waals surface area contributed by atoms with Crippen molar-refractivity contribution < 1.29 is 19.4 Å². The van der Waals surface area contributed by atoms with Crippen LogP contribution in [0.25, 0.3) is 10.1 Å². The zero-order valence-electron chi connectivity index (χ0n) is 11.9. The Morgan fingerprint density at radius 3 is 2.86 bits per heavy atom. The lowest BCUT2D eigenvalue weighted by Gasteiger charge is -2.07. The number of aliphatic hydroxyl groups excluding tert-OH is 1. The Labute approximate surface area is 135 Å². The summed E-state index contributed by atoms with van der Waals surface area (Å²) in [5, 5.41) is 11.2. The van der Waals surface area contributed by atoms with Crippen LogP contribution in [-0.2, 0) is 9.53 Å². The van der Waals surface area contributed by atoms with Crippen LogP contribution >= 0.6 is 27.3 Å². The van der Waals surface area contributed by atoms with E-state index in [9.17, 15) is 9.90 Å². The molecule has 2 rings (SSSR count). The highest BCUT2D eigenvalue weighted by Gasteiger charge is 2.15. The number of halogens is 1. The number of esters is 1. The molecule has 0 aliphatic rings. The van der Waals surface area contributed by atoms with Crippen molar-refractivity contribution in [2.75, 3.05) is 13.7 Å². The number of hydrogen-bond acceptors (Lipinski definition) is 5. The lowest BCUT2D eigenvalue weighted by atomic mass is 10.1. The molecular weight excluding hydrogens is 356 g/mol. The molecule has 2 aromatic rings. The Balaban J connectivity index is 2.13. The molecule has 0 spiro atoms. The van der Waals surface area contributed by atoms with Crippen molar-refractivity contribution in [3.8, 4) is 5.75 Å². The van der Waals surface area contributed by atoms with Gasteiger partial charge in [-0.2, -0.15) is 0 Å². The maximum absolute atomic E-state index is 11.3. The van der Waals surface area contributed by atoms with Crippen LogP contribution in [0.2, 0.25) is 0 Å². The lowest BCUT2D eigenvalue weighted by Crippen LogP contribution is -2.06. The Bertz CT molecular complexity index is 638. The van der Waals surface area contributed by atoms with Crippen LogP contribution in [0.5, 0.6) is 5.75 Å². The molecule has 1 N–H and O–H groups in total. The van der Waals surface area contributed by atoms with Gasteiger partial charge in [0, 0.05) is 16.0 Å². The third-order valence-corrected chi connectivity index (χ3v) is 4.88.